The number of rotatable bonds is 7. The van der Waals surface area contributed by atoms with E-state index in [1.54, 1.807) is 39.2 Å². The minimum Gasteiger partial charge on any atom is -0.490 e. The molecule has 188 valence electrons. The maximum atomic E-state index is 13.6. The SMILES string of the molecule is Cc1[nH]nc2ccc(-c3cncc(OC[C@H](Cc4ccc(F)c(Cl)c4)NC(=O)OC(C)(C)C)c3)cc12. The molecular formula is C27H28ClFN4O3. The number of aromatic amines is 1. The zero-order chi connectivity index (χ0) is 25.9. The zero-order valence-electron chi connectivity index (χ0n) is 20.6. The summed E-state index contributed by atoms with van der Waals surface area (Å²) >= 11 is 5.95. The first-order valence-electron chi connectivity index (χ1n) is 11.5. The zero-order valence-corrected chi connectivity index (χ0v) is 21.3. The van der Waals surface area contributed by atoms with Crippen molar-refractivity contribution < 1.29 is 18.7 Å². The van der Waals surface area contributed by atoms with Gasteiger partial charge in [0, 0.05) is 22.8 Å². The Kier molecular flexibility index (Phi) is 7.45. The van der Waals surface area contributed by atoms with Crippen LogP contribution in [0.15, 0.2) is 54.9 Å². The number of alkyl carbamates (subject to hydrolysis) is 1. The molecule has 0 aliphatic carbocycles. The Balaban J connectivity index is 1.50. The minimum atomic E-state index is -0.651. The number of hydrogen-bond acceptors (Lipinski definition) is 5. The van der Waals surface area contributed by atoms with E-state index in [1.807, 2.05) is 25.1 Å². The quantitative estimate of drug-likeness (QED) is 0.307. The number of amides is 1. The third-order valence-corrected chi connectivity index (χ3v) is 5.72. The molecule has 0 saturated carbocycles. The highest BCUT2D eigenvalue weighted by Gasteiger charge is 2.21. The normalized spacial score (nSPS) is 12.4. The van der Waals surface area contributed by atoms with E-state index < -0.39 is 23.6 Å². The summed E-state index contributed by atoms with van der Waals surface area (Å²) in [5.74, 6) is 0.0460. The molecule has 36 heavy (non-hydrogen) atoms. The third kappa shape index (κ3) is 6.51. The topological polar surface area (TPSA) is 89.1 Å². The number of carbonyl (C=O) groups excluding carboxylic acids is 1. The van der Waals surface area contributed by atoms with Crippen LogP contribution in [-0.2, 0) is 11.2 Å². The van der Waals surface area contributed by atoms with Gasteiger partial charge >= 0.3 is 6.09 Å². The highest BCUT2D eigenvalue weighted by atomic mass is 35.5. The van der Waals surface area contributed by atoms with Crippen LogP contribution in [0.4, 0.5) is 9.18 Å². The highest BCUT2D eigenvalue weighted by Crippen LogP contribution is 2.27. The summed E-state index contributed by atoms with van der Waals surface area (Å²) in [6.45, 7) is 7.48. The van der Waals surface area contributed by atoms with Crippen LogP contribution >= 0.6 is 11.6 Å². The number of aryl methyl sites for hydroxylation is 1. The van der Waals surface area contributed by atoms with Crippen molar-refractivity contribution in [2.24, 2.45) is 0 Å². The fourth-order valence-electron chi connectivity index (χ4n) is 3.75. The van der Waals surface area contributed by atoms with Crippen LogP contribution in [0.2, 0.25) is 5.02 Å². The van der Waals surface area contributed by atoms with E-state index in [0.29, 0.717) is 12.2 Å². The first-order valence-corrected chi connectivity index (χ1v) is 11.9. The number of H-pyrrole nitrogens is 1. The Bertz CT molecular complexity index is 1380. The van der Waals surface area contributed by atoms with Crippen LogP contribution in [0.5, 0.6) is 5.75 Å². The van der Waals surface area contributed by atoms with Gasteiger partial charge in [0.25, 0.3) is 0 Å². The summed E-state index contributed by atoms with van der Waals surface area (Å²) in [5, 5.41) is 11.2. The maximum Gasteiger partial charge on any atom is 0.408 e. The van der Waals surface area contributed by atoms with E-state index in [0.717, 1.165) is 33.3 Å². The van der Waals surface area contributed by atoms with Gasteiger partial charge in [-0.3, -0.25) is 10.1 Å². The number of nitrogens with zero attached hydrogens (tertiary/aromatic N) is 2. The number of halogens is 2. The summed E-state index contributed by atoms with van der Waals surface area (Å²) in [5.41, 5.74) is 3.85. The van der Waals surface area contributed by atoms with Gasteiger partial charge in [0.15, 0.2) is 0 Å². The molecule has 0 aliphatic heterocycles. The molecule has 0 spiro atoms. The second-order valence-corrected chi connectivity index (χ2v) is 10.0. The lowest BCUT2D eigenvalue weighted by molar-refractivity contribution is 0.0487. The van der Waals surface area contributed by atoms with Gasteiger partial charge in [-0.2, -0.15) is 5.10 Å². The van der Waals surface area contributed by atoms with Crippen LogP contribution < -0.4 is 10.1 Å². The number of fused-ring (bicyclic) bond motifs is 1. The molecule has 1 amide bonds. The Labute approximate surface area is 214 Å². The lowest BCUT2D eigenvalue weighted by Crippen LogP contribution is -2.43. The van der Waals surface area contributed by atoms with Gasteiger partial charge in [0.1, 0.15) is 23.8 Å². The second kappa shape index (κ2) is 10.5. The van der Waals surface area contributed by atoms with Crippen LogP contribution in [0.25, 0.3) is 22.0 Å². The molecule has 2 heterocycles. The smallest absolute Gasteiger partial charge is 0.408 e. The number of nitrogens with one attached hydrogen (secondary N) is 2. The van der Waals surface area contributed by atoms with Crippen LogP contribution in [0.1, 0.15) is 32.0 Å². The Hall–Kier alpha value is -3.65. The number of ether oxygens (including phenoxy) is 2. The monoisotopic (exact) mass is 510 g/mol. The molecule has 1 atom stereocenters. The molecule has 2 aromatic heterocycles. The van der Waals surface area contributed by atoms with Gasteiger partial charge in [-0.1, -0.05) is 23.7 Å². The molecule has 4 aromatic rings. The van der Waals surface area contributed by atoms with Crippen molar-refractivity contribution in [1.29, 1.82) is 0 Å². The van der Waals surface area contributed by atoms with Crippen molar-refractivity contribution in [2.75, 3.05) is 6.61 Å². The van der Waals surface area contributed by atoms with Crippen LogP contribution in [-0.4, -0.2) is 39.5 Å². The van der Waals surface area contributed by atoms with E-state index in [1.165, 1.54) is 12.1 Å². The van der Waals surface area contributed by atoms with Gasteiger partial charge in [0.2, 0.25) is 0 Å². The molecule has 2 N–H and O–H groups in total. The fraction of sp³-hybridized carbons (Fsp3) is 0.296. The predicted molar refractivity (Wildman–Crippen MR) is 138 cm³/mol. The maximum absolute atomic E-state index is 13.6. The summed E-state index contributed by atoms with van der Waals surface area (Å²) in [6.07, 6.45) is 3.17. The molecule has 0 unspecified atom stereocenters. The number of hydrogen-bond donors (Lipinski definition) is 2. The van der Waals surface area contributed by atoms with Gasteiger partial charge in [0.05, 0.1) is 22.8 Å². The van der Waals surface area contributed by atoms with Gasteiger partial charge in [-0.05, 0) is 75.6 Å². The summed E-state index contributed by atoms with van der Waals surface area (Å²) in [4.78, 5) is 16.8. The van der Waals surface area contributed by atoms with Crippen molar-refractivity contribution in [3.8, 4) is 16.9 Å². The molecule has 9 heteroatoms. The largest absolute Gasteiger partial charge is 0.490 e. The average Bonchev–Trinajstić information content (AvgIpc) is 3.19. The van der Waals surface area contributed by atoms with Crippen molar-refractivity contribution in [2.45, 2.75) is 45.8 Å². The minimum absolute atomic E-state index is 0.0196. The van der Waals surface area contributed by atoms with Crippen LogP contribution in [0, 0.1) is 12.7 Å². The standard InChI is InChI=1S/C27H28ClFN4O3/c1-16-22-12-18(6-8-25(22)33-32-16)19-11-21(14-30-13-19)35-15-20(31-26(34)36-27(2,3)4)9-17-5-7-24(29)23(28)10-17/h5-8,10-14,20H,9,15H2,1-4H3,(H,31,34)(H,32,33)/t20-/m0/s1. The molecular weight excluding hydrogens is 483 g/mol. The van der Waals surface area contributed by atoms with E-state index >= 15 is 0 Å². The lowest BCUT2D eigenvalue weighted by Gasteiger charge is -2.24. The summed E-state index contributed by atoms with van der Waals surface area (Å²) < 4.78 is 25.0. The molecule has 0 saturated heterocycles. The highest BCUT2D eigenvalue weighted by molar-refractivity contribution is 6.30. The number of benzene rings is 2. The number of aromatic nitrogens is 3. The molecule has 4 rings (SSSR count). The van der Waals surface area contributed by atoms with E-state index in [9.17, 15) is 9.18 Å². The Morgan fingerprint density at radius 1 is 1.14 bits per heavy atom. The van der Waals surface area contributed by atoms with Gasteiger partial charge in [-0.15, -0.1) is 0 Å². The molecule has 2 aromatic carbocycles. The molecule has 7 nitrogen and oxygen atoms in total. The summed E-state index contributed by atoms with van der Waals surface area (Å²) in [6, 6.07) is 11.9. The van der Waals surface area contributed by atoms with Crippen molar-refractivity contribution >= 4 is 28.6 Å². The predicted octanol–water partition coefficient (Wildman–Crippen LogP) is 6.24. The molecule has 0 radical (unpaired) electrons. The van der Waals surface area contributed by atoms with Crippen molar-refractivity contribution in [3.63, 3.8) is 0 Å². The first kappa shape index (κ1) is 25.4. The Morgan fingerprint density at radius 2 is 1.94 bits per heavy atom. The van der Waals surface area contributed by atoms with E-state index in [4.69, 9.17) is 21.1 Å². The van der Waals surface area contributed by atoms with Gasteiger partial charge in [-0.25, -0.2) is 9.18 Å². The second-order valence-electron chi connectivity index (χ2n) is 9.60. The van der Waals surface area contributed by atoms with E-state index in [2.05, 4.69) is 26.6 Å². The van der Waals surface area contributed by atoms with Crippen LogP contribution in [0.3, 0.4) is 0 Å². The Morgan fingerprint density at radius 3 is 2.69 bits per heavy atom. The average molecular weight is 511 g/mol. The summed E-state index contributed by atoms with van der Waals surface area (Å²) in [7, 11) is 0. The first-order chi connectivity index (χ1) is 17.1. The van der Waals surface area contributed by atoms with Crippen molar-refractivity contribution in [3.05, 3.63) is 77.0 Å². The van der Waals surface area contributed by atoms with Gasteiger partial charge < -0.3 is 14.8 Å². The lowest BCUT2D eigenvalue weighted by atomic mass is 10.0. The third-order valence-electron chi connectivity index (χ3n) is 5.43. The molecule has 0 aliphatic rings. The van der Waals surface area contributed by atoms with E-state index in [-0.39, 0.29) is 11.6 Å². The van der Waals surface area contributed by atoms with Crippen molar-refractivity contribution in [1.82, 2.24) is 20.5 Å². The molecule has 0 fully saturated rings. The number of pyridine rings is 1. The number of carbonyl (C=O) groups is 1. The molecule has 0 bridgehead atoms. The fourth-order valence-corrected chi connectivity index (χ4v) is 3.95.